The molecule has 0 aromatic carbocycles. The number of carbonyl (C=O) groups excluding carboxylic acids is 1. The molecule has 0 radical (unpaired) electrons. The molecule has 19 nitrogen and oxygen atoms in total. The highest BCUT2D eigenvalue weighted by molar-refractivity contribution is 5.76. The number of allylic oxidation sites excluding steroid dienone is 11. The van der Waals surface area contributed by atoms with Crippen LogP contribution in [0.25, 0.3) is 0 Å². The van der Waals surface area contributed by atoms with Crippen LogP contribution in [0.5, 0.6) is 0 Å². The van der Waals surface area contributed by atoms with Gasteiger partial charge in [0, 0.05) is 6.42 Å². The van der Waals surface area contributed by atoms with Crippen molar-refractivity contribution in [3.8, 4) is 0 Å². The van der Waals surface area contributed by atoms with Gasteiger partial charge in [-0.15, -0.1) is 0 Å². The third-order valence-electron chi connectivity index (χ3n) is 16.7. The first-order valence-corrected chi connectivity index (χ1v) is 34.2. The molecule has 0 spiro atoms. The number of unbranched alkanes of at least 4 members (excludes halogenated alkanes) is 25. The van der Waals surface area contributed by atoms with Crippen LogP contribution in [0.2, 0.25) is 0 Å². The van der Waals surface area contributed by atoms with Crippen LogP contribution >= 0.6 is 0 Å². The number of hydrogen-bond acceptors (Lipinski definition) is 18. The summed E-state index contributed by atoms with van der Waals surface area (Å²) in [4.78, 5) is 13.3. The molecule has 17 unspecified atom stereocenters. The molecule has 3 rings (SSSR count). The number of aliphatic hydroxyl groups is 11. The van der Waals surface area contributed by atoms with Crippen molar-refractivity contribution in [2.75, 3.05) is 26.4 Å². The van der Waals surface area contributed by atoms with Crippen molar-refractivity contribution >= 4 is 5.91 Å². The van der Waals surface area contributed by atoms with Gasteiger partial charge in [-0.25, -0.2) is 0 Å². The fourth-order valence-corrected chi connectivity index (χ4v) is 11.2. The molecule has 0 bridgehead atoms. The Balaban J connectivity index is 1.34. The summed E-state index contributed by atoms with van der Waals surface area (Å²) in [6.07, 6.45) is 36.5. The molecule has 0 aromatic rings. The van der Waals surface area contributed by atoms with E-state index in [9.17, 15) is 61.0 Å². The molecule has 88 heavy (non-hydrogen) atoms. The molecule has 1 amide bonds. The predicted octanol–water partition coefficient (Wildman–Crippen LogP) is 8.55. The molecule has 19 heteroatoms. The van der Waals surface area contributed by atoms with Crippen LogP contribution < -0.4 is 5.32 Å². The monoisotopic (exact) mass is 1250 g/mol. The zero-order valence-corrected chi connectivity index (χ0v) is 53.7. The number of amides is 1. The van der Waals surface area contributed by atoms with Crippen molar-refractivity contribution in [1.82, 2.24) is 5.32 Å². The molecule has 12 N–H and O–H groups in total. The Kier molecular flexibility index (Phi) is 45.8. The smallest absolute Gasteiger partial charge is 0.220 e. The Morgan fingerprint density at radius 3 is 1.26 bits per heavy atom. The summed E-state index contributed by atoms with van der Waals surface area (Å²) in [6, 6.07) is -0.996. The van der Waals surface area contributed by atoms with Gasteiger partial charge in [-0.05, 0) is 77.0 Å². The predicted molar refractivity (Wildman–Crippen MR) is 341 cm³/mol. The van der Waals surface area contributed by atoms with Crippen LogP contribution in [0.4, 0.5) is 0 Å². The summed E-state index contributed by atoms with van der Waals surface area (Å²) in [5.41, 5.74) is 0. The summed E-state index contributed by atoms with van der Waals surface area (Å²) in [5.74, 6) is -0.293. The van der Waals surface area contributed by atoms with Crippen LogP contribution in [0.3, 0.4) is 0 Å². The van der Waals surface area contributed by atoms with E-state index in [2.05, 4.69) is 79.9 Å². The lowest BCUT2D eigenvalue weighted by Gasteiger charge is -2.48. The van der Waals surface area contributed by atoms with Gasteiger partial charge in [0.25, 0.3) is 0 Å². The highest BCUT2D eigenvalue weighted by Gasteiger charge is 2.53. The molecular formula is C69H121NO18. The molecule has 0 aromatic heterocycles. The van der Waals surface area contributed by atoms with Crippen molar-refractivity contribution in [3.63, 3.8) is 0 Å². The van der Waals surface area contributed by atoms with Gasteiger partial charge >= 0.3 is 0 Å². The molecule has 0 aliphatic carbocycles. The second-order valence-electron chi connectivity index (χ2n) is 24.2. The van der Waals surface area contributed by atoms with Gasteiger partial charge in [-0.1, -0.05) is 215 Å². The largest absolute Gasteiger partial charge is 0.394 e. The van der Waals surface area contributed by atoms with Crippen LogP contribution in [0.15, 0.2) is 72.9 Å². The number of carbonyl (C=O) groups is 1. The fraction of sp³-hybridized carbons (Fsp3) is 0.812. The van der Waals surface area contributed by atoms with E-state index in [1.807, 2.05) is 6.08 Å². The quantitative estimate of drug-likeness (QED) is 0.0200. The van der Waals surface area contributed by atoms with Crippen molar-refractivity contribution < 1.29 is 89.4 Å². The van der Waals surface area contributed by atoms with E-state index in [-0.39, 0.29) is 18.9 Å². The number of ether oxygens (including phenoxy) is 6. The van der Waals surface area contributed by atoms with E-state index in [0.29, 0.717) is 12.8 Å². The van der Waals surface area contributed by atoms with Crippen molar-refractivity contribution in [1.29, 1.82) is 0 Å². The van der Waals surface area contributed by atoms with Gasteiger partial charge in [0.1, 0.15) is 73.2 Å². The second kappa shape index (κ2) is 50.7. The third-order valence-corrected chi connectivity index (χ3v) is 16.7. The maximum Gasteiger partial charge on any atom is 0.220 e. The lowest BCUT2D eigenvalue weighted by Crippen LogP contribution is -2.66. The van der Waals surface area contributed by atoms with Gasteiger partial charge in [0.05, 0.1) is 38.6 Å². The number of nitrogens with one attached hydrogen (secondary N) is 1. The lowest BCUT2D eigenvalue weighted by molar-refractivity contribution is -0.379. The number of hydrogen-bond donors (Lipinski definition) is 12. The molecule has 3 saturated heterocycles. The van der Waals surface area contributed by atoms with Gasteiger partial charge in [0.15, 0.2) is 18.9 Å². The first kappa shape index (κ1) is 79.5. The minimum atomic E-state index is -1.98. The Morgan fingerprint density at radius 1 is 0.420 bits per heavy atom. The molecule has 3 heterocycles. The SMILES string of the molecule is CC/C=C/CC/C=C/CC/C=C/C(O)C(COC1OC(CO)C(OC2OC(CO)C(OC3OC(CO)C(O)C(O)C3O)C(O)C2O)C(O)C1O)NC(=O)CCCCCCCCCCCCCCCCCCCC/C=C\C/C=C\C/C=C\CCCCCCC. The molecule has 3 aliphatic rings. The molecule has 3 aliphatic heterocycles. The van der Waals surface area contributed by atoms with Gasteiger partial charge in [-0.3, -0.25) is 4.79 Å². The summed E-state index contributed by atoms with van der Waals surface area (Å²) in [5, 5.41) is 120. The van der Waals surface area contributed by atoms with E-state index in [4.69, 9.17) is 28.4 Å². The average Bonchev–Trinajstić information content (AvgIpc) is 1.86. The lowest BCUT2D eigenvalue weighted by atomic mass is 9.96. The van der Waals surface area contributed by atoms with Gasteiger partial charge in [0.2, 0.25) is 5.91 Å². The highest BCUT2D eigenvalue weighted by atomic mass is 16.8. The summed E-state index contributed by atoms with van der Waals surface area (Å²) in [6.45, 7) is 1.55. The first-order chi connectivity index (χ1) is 42.8. The van der Waals surface area contributed by atoms with Crippen molar-refractivity contribution in [3.05, 3.63) is 72.9 Å². The second-order valence-corrected chi connectivity index (χ2v) is 24.2. The van der Waals surface area contributed by atoms with E-state index < -0.39 is 124 Å². The van der Waals surface area contributed by atoms with E-state index in [0.717, 1.165) is 57.8 Å². The Hall–Kier alpha value is -2.77. The summed E-state index contributed by atoms with van der Waals surface area (Å²) < 4.78 is 34.2. The minimum Gasteiger partial charge on any atom is -0.394 e. The normalized spacial score (nSPS) is 28.9. The van der Waals surface area contributed by atoms with Crippen molar-refractivity contribution in [2.24, 2.45) is 0 Å². The third kappa shape index (κ3) is 32.7. The van der Waals surface area contributed by atoms with Gasteiger partial charge < -0.3 is 89.9 Å². The van der Waals surface area contributed by atoms with E-state index in [1.165, 1.54) is 135 Å². The van der Waals surface area contributed by atoms with E-state index >= 15 is 0 Å². The maximum atomic E-state index is 13.3. The molecule has 17 atom stereocenters. The Labute approximate surface area is 528 Å². The highest BCUT2D eigenvalue weighted by Crippen LogP contribution is 2.33. The topological polar surface area (TPSA) is 307 Å². The van der Waals surface area contributed by atoms with Crippen LogP contribution in [-0.2, 0) is 33.2 Å². The molecule has 510 valence electrons. The first-order valence-electron chi connectivity index (χ1n) is 34.2. The Morgan fingerprint density at radius 2 is 0.795 bits per heavy atom. The molecule has 3 fully saturated rings. The average molecular weight is 1250 g/mol. The Bertz CT molecular complexity index is 1880. The van der Waals surface area contributed by atoms with E-state index in [1.54, 1.807) is 6.08 Å². The maximum absolute atomic E-state index is 13.3. The zero-order valence-electron chi connectivity index (χ0n) is 53.7. The van der Waals surface area contributed by atoms with Crippen LogP contribution in [-0.4, -0.2) is 193 Å². The van der Waals surface area contributed by atoms with Crippen LogP contribution in [0.1, 0.15) is 226 Å². The number of rotatable bonds is 51. The standard InChI is InChI=1S/C69H121NO18/c1-3-5-7-9-11-13-15-16-17-18-19-20-21-22-23-24-25-26-27-28-29-30-31-32-33-34-35-36-37-39-41-43-45-47-57(75)70-52(53(74)46-44-42-40-38-14-12-10-8-6-4-2)51-83-67-63(81)60(78)65(55(49-72)85-67)88-69-64(82)61(79)66(56(50-73)86-69)87-68-62(80)59(77)58(76)54(48-71)84-68/h6,8,14-16,18-19,21-22,38,44,46,52-56,58-69,71-74,76-82H,3-5,7,9-13,17,20,23-37,39-43,45,47-51H2,1-2H3,(H,70,75)/b8-6+,16-15-,19-18-,22-21-,38-14+,46-44+. The molecular weight excluding hydrogens is 1130 g/mol. The summed E-state index contributed by atoms with van der Waals surface area (Å²) >= 11 is 0. The fourth-order valence-electron chi connectivity index (χ4n) is 11.2. The minimum absolute atomic E-state index is 0.230. The molecule has 0 saturated carbocycles. The number of aliphatic hydroxyl groups excluding tert-OH is 11. The zero-order chi connectivity index (χ0) is 64.0. The van der Waals surface area contributed by atoms with Gasteiger partial charge in [-0.2, -0.15) is 0 Å². The van der Waals surface area contributed by atoms with Crippen LogP contribution in [0, 0.1) is 0 Å². The summed E-state index contributed by atoms with van der Waals surface area (Å²) in [7, 11) is 0. The van der Waals surface area contributed by atoms with Crippen molar-refractivity contribution in [2.45, 2.75) is 330 Å².